The molecule has 0 N–H and O–H groups in total. The summed E-state index contributed by atoms with van der Waals surface area (Å²) < 4.78 is 227. The summed E-state index contributed by atoms with van der Waals surface area (Å²) in [5.41, 5.74) is 0. The molecule has 1 saturated heterocycles. The van der Waals surface area contributed by atoms with Gasteiger partial charge in [-0.05, 0) is 12.8 Å². The summed E-state index contributed by atoms with van der Waals surface area (Å²) in [4.78, 5) is 0. The van der Waals surface area contributed by atoms with Gasteiger partial charge in [-0.2, -0.15) is 74.6 Å². The third-order valence-electron chi connectivity index (χ3n) is 4.46. The SMILES string of the molecule is FC(F)(F)C(F)(F)C(F)(F)C(F)(F)C(F)(F)C(F)(F)C(F)(F)C(F)(F)C1CCCOC1I. The van der Waals surface area contributed by atoms with E-state index in [0.29, 0.717) is 0 Å². The lowest BCUT2D eigenvalue weighted by molar-refractivity contribution is -0.464. The highest BCUT2D eigenvalue weighted by atomic mass is 127. The van der Waals surface area contributed by atoms with Crippen molar-refractivity contribution in [3.63, 3.8) is 0 Å². The van der Waals surface area contributed by atoms with E-state index in [2.05, 4.69) is 4.74 Å². The van der Waals surface area contributed by atoms with Gasteiger partial charge in [-0.3, -0.25) is 0 Å². The number of rotatable bonds is 7. The van der Waals surface area contributed by atoms with E-state index in [1.54, 1.807) is 0 Å². The molecule has 1 aliphatic rings. The van der Waals surface area contributed by atoms with E-state index in [4.69, 9.17) is 0 Å². The summed E-state index contributed by atoms with van der Waals surface area (Å²) in [5, 5.41) is 0. The Bertz CT molecular complexity index is 684. The molecular weight excluding hydrogens is 622 g/mol. The molecule has 19 heteroatoms. The molecule has 192 valence electrons. The van der Waals surface area contributed by atoms with Gasteiger partial charge in [0.2, 0.25) is 0 Å². The monoisotopic (exact) mass is 630 g/mol. The summed E-state index contributed by atoms with van der Waals surface area (Å²) in [7, 11) is 0. The van der Waals surface area contributed by atoms with E-state index in [-0.39, 0.29) is 0 Å². The first-order chi connectivity index (χ1) is 13.8. The Morgan fingerprint density at radius 1 is 0.531 bits per heavy atom. The molecule has 0 spiro atoms. The number of halogens is 18. The summed E-state index contributed by atoms with van der Waals surface area (Å²) in [6, 6.07) is 0. The van der Waals surface area contributed by atoms with Crippen LogP contribution in [0.2, 0.25) is 0 Å². The Morgan fingerprint density at radius 3 is 1.22 bits per heavy atom. The van der Waals surface area contributed by atoms with Gasteiger partial charge in [0.25, 0.3) is 0 Å². The van der Waals surface area contributed by atoms with Crippen molar-refractivity contribution in [2.45, 2.75) is 64.6 Å². The number of hydrogen-bond acceptors (Lipinski definition) is 1. The van der Waals surface area contributed by atoms with Gasteiger partial charge >= 0.3 is 47.6 Å². The fourth-order valence-electron chi connectivity index (χ4n) is 2.50. The van der Waals surface area contributed by atoms with Crippen molar-refractivity contribution in [3.05, 3.63) is 0 Å². The van der Waals surface area contributed by atoms with E-state index >= 15 is 0 Å². The molecule has 0 amide bonds. The van der Waals surface area contributed by atoms with Gasteiger partial charge in [0, 0.05) is 6.61 Å². The first-order valence-electron chi connectivity index (χ1n) is 7.74. The second-order valence-electron chi connectivity index (χ2n) is 6.54. The lowest BCUT2D eigenvalue weighted by Crippen LogP contribution is -2.75. The normalized spacial score (nSPS) is 23.4. The Kier molecular flexibility index (Phi) is 7.41. The van der Waals surface area contributed by atoms with Crippen LogP contribution in [-0.2, 0) is 4.74 Å². The van der Waals surface area contributed by atoms with Crippen LogP contribution < -0.4 is 0 Å². The second-order valence-corrected chi connectivity index (χ2v) is 7.77. The molecule has 0 aromatic heterocycles. The largest absolute Gasteiger partial charge is 0.460 e. The summed E-state index contributed by atoms with van der Waals surface area (Å²) in [5.74, 6) is -59.2. The molecule has 0 aromatic carbocycles. The van der Waals surface area contributed by atoms with Crippen molar-refractivity contribution in [2.24, 2.45) is 5.92 Å². The Hall–Kier alpha value is -0.500. The van der Waals surface area contributed by atoms with E-state index in [0.717, 1.165) is 22.6 Å². The van der Waals surface area contributed by atoms with Gasteiger partial charge in [0.1, 0.15) is 4.11 Å². The maximum atomic E-state index is 14.1. The van der Waals surface area contributed by atoms with Crippen molar-refractivity contribution in [1.29, 1.82) is 0 Å². The Balaban J connectivity index is 3.61. The fraction of sp³-hybridized carbons (Fsp3) is 1.00. The fourth-order valence-corrected chi connectivity index (χ4v) is 3.57. The summed E-state index contributed by atoms with van der Waals surface area (Å²) in [6.07, 6.45) is -9.45. The predicted molar refractivity (Wildman–Crippen MR) is 77.2 cm³/mol. The van der Waals surface area contributed by atoms with Crippen molar-refractivity contribution >= 4 is 22.6 Å². The lowest BCUT2D eigenvalue weighted by atomic mass is 9.83. The third kappa shape index (κ3) is 3.79. The molecule has 1 nitrogen and oxygen atoms in total. The van der Waals surface area contributed by atoms with Crippen LogP contribution in [0.15, 0.2) is 0 Å². The van der Waals surface area contributed by atoms with Gasteiger partial charge in [0.15, 0.2) is 0 Å². The molecular formula is C13H8F17IO. The topological polar surface area (TPSA) is 9.23 Å². The highest BCUT2D eigenvalue weighted by molar-refractivity contribution is 14.1. The van der Waals surface area contributed by atoms with Crippen LogP contribution >= 0.6 is 22.6 Å². The van der Waals surface area contributed by atoms with Crippen LogP contribution in [0.25, 0.3) is 0 Å². The van der Waals surface area contributed by atoms with E-state index in [1.807, 2.05) is 0 Å². The zero-order valence-electron chi connectivity index (χ0n) is 14.5. The van der Waals surface area contributed by atoms with E-state index < -0.39 is 77.1 Å². The second kappa shape index (κ2) is 8.03. The summed E-state index contributed by atoms with van der Waals surface area (Å²) >= 11 is 0.821. The highest BCUT2D eigenvalue weighted by Gasteiger charge is 2.95. The van der Waals surface area contributed by atoms with Gasteiger partial charge in [0.05, 0.1) is 5.92 Å². The molecule has 1 aliphatic heterocycles. The van der Waals surface area contributed by atoms with E-state index in [9.17, 15) is 74.6 Å². The van der Waals surface area contributed by atoms with Gasteiger partial charge < -0.3 is 4.74 Å². The van der Waals surface area contributed by atoms with Gasteiger partial charge in [-0.1, -0.05) is 22.6 Å². The molecule has 32 heavy (non-hydrogen) atoms. The molecule has 0 radical (unpaired) electrons. The third-order valence-corrected chi connectivity index (χ3v) is 5.69. The maximum absolute atomic E-state index is 14.1. The van der Waals surface area contributed by atoms with Gasteiger partial charge in [-0.15, -0.1) is 0 Å². The average molecular weight is 630 g/mol. The molecule has 0 bridgehead atoms. The van der Waals surface area contributed by atoms with Crippen LogP contribution in [0, 0.1) is 5.92 Å². The first kappa shape index (κ1) is 29.5. The van der Waals surface area contributed by atoms with Crippen LogP contribution in [0.3, 0.4) is 0 Å². The quantitative estimate of drug-likeness (QED) is 0.165. The number of hydrogen-bond donors (Lipinski definition) is 0. The molecule has 1 rings (SSSR count). The minimum absolute atomic E-state index is 0.408. The molecule has 0 saturated carbocycles. The zero-order chi connectivity index (χ0) is 26.0. The maximum Gasteiger partial charge on any atom is 0.460 e. The zero-order valence-corrected chi connectivity index (χ0v) is 16.6. The van der Waals surface area contributed by atoms with E-state index in [1.165, 1.54) is 0 Å². The van der Waals surface area contributed by atoms with Crippen molar-refractivity contribution in [3.8, 4) is 0 Å². The predicted octanol–water partition coefficient (Wildman–Crippen LogP) is 7.18. The number of ether oxygens (including phenoxy) is 1. The average Bonchev–Trinajstić information content (AvgIpc) is 2.59. The molecule has 0 aliphatic carbocycles. The lowest BCUT2D eigenvalue weighted by Gasteiger charge is -2.45. The minimum Gasteiger partial charge on any atom is -0.367 e. The molecule has 2 atom stereocenters. The standard InChI is InChI=1S/C13H8F17IO/c14-6(15,4-2-1-3-32-5(4)31)7(16,17)8(18,19)9(20,21)10(22,23)11(24,25)12(26,27)13(28,29)30/h4-5H,1-3H2. The van der Waals surface area contributed by atoms with Crippen LogP contribution in [0.1, 0.15) is 12.8 Å². The molecule has 2 unspecified atom stereocenters. The number of alkyl halides is 18. The van der Waals surface area contributed by atoms with Crippen molar-refractivity contribution in [1.82, 2.24) is 0 Å². The van der Waals surface area contributed by atoms with Crippen molar-refractivity contribution in [2.75, 3.05) is 6.61 Å². The Morgan fingerprint density at radius 2 is 0.875 bits per heavy atom. The summed E-state index contributed by atoms with van der Waals surface area (Å²) in [6.45, 7) is -0.408. The smallest absolute Gasteiger partial charge is 0.367 e. The van der Waals surface area contributed by atoms with Crippen LogP contribution in [0.5, 0.6) is 0 Å². The molecule has 1 heterocycles. The van der Waals surface area contributed by atoms with Crippen LogP contribution in [-0.4, -0.2) is 58.4 Å². The Labute approximate surface area is 179 Å². The van der Waals surface area contributed by atoms with Crippen LogP contribution in [0.4, 0.5) is 74.6 Å². The van der Waals surface area contributed by atoms with Gasteiger partial charge in [-0.25, -0.2) is 0 Å². The minimum atomic E-state index is -8.60. The highest BCUT2D eigenvalue weighted by Crippen LogP contribution is 2.65. The van der Waals surface area contributed by atoms with Crippen molar-refractivity contribution < 1.29 is 79.4 Å². The first-order valence-corrected chi connectivity index (χ1v) is 8.98. The molecule has 0 aromatic rings. The molecule has 1 fully saturated rings.